The summed E-state index contributed by atoms with van der Waals surface area (Å²) in [5.41, 5.74) is 0.884. The van der Waals surface area contributed by atoms with E-state index in [9.17, 15) is 0 Å². The third-order valence-electron chi connectivity index (χ3n) is 1.69. The van der Waals surface area contributed by atoms with Gasteiger partial charge in [0.2, 0.25) is 5.82 Å². The predicted octanol–water partition coefficient (Wildman–Crippen LogP) is 2.29. The summed E-state index contributed by atoms with van der Waals surface area (Å²) in [6.07, 6.45) is 0. The van der Waals surface area contributed by atoms with Crippen LogP contribution in [0.5, 0.6) is 0 Å². The number of benzene rings is 1. The Morgan fingerprint density at radius 3 is 2.79 bits per heavy atom. The van der Waals surface area contributed by atoms with Crippen LogP contribution in [0.4, 0.5) is 0 Å². The molecule has 6 heteroatoms. The molecule has 0 bridgehead atoms. The van der Waals surface area contributed by atoms with E-state index < -0.39 is 0 Å². The van der Waals surface area contributed by atoms with Crippen LogP contribution in [0, 0.1) is 0 Å². The van der Waals surface area contributed by atoms with Crippen LogP contribution in [-0.2, 0) is 7.05 Å². The van der Waals surface area contributed by atoms with Gasteiger partial charge in [-0.25, -0.2) is 0 Å². The van der Waals surface area contributed by atoms with Gasteiger partial charge < -0.3 is 0 Å². The fraction of sp³-hybridized carbons (Fsp3) is 0.125. The molecule has 0 radical (unpaired) electrons. The van der Waals surface area contributed by atoms with Gasteiger partial charge in [-0.2, -0.15) is 4.80 Å². The van der Waals surface area contributed by atoms with Crippen molar-refractivity contribution >= 4 is 27.5 Å². The third kappa shape index (κ3) is 1.78. The second-order valence-electron chi connectivity index (χ2n) is 2.73. The van der Waals surface area contributed by atoms with Gasteiger partial charge >= 0.3 is 0 Å². The first kappa shape index (κ1) is 9.61. The maximum absolute atomic E-state index is 5.86. The summed E-state index contributed by atoms with van der Waals surface area (Å²) in [6, 6.07) is 5.50. The first-order chi connectivity index (χ1) is 6.66. The van der Waals surface area contributed by atoms with Gasteiger partial charge in [0.25, 0.3) is 0 Å². The molecule has 0 N–H and O–H groups in total. The van der Waals surface area contributed by atoms with E-state index in [1.807, 2.05) is 12.1 Å². The fourth-order valence-corrected chi connectivity index (χ4v) is 1.53. The van der Waals surface area contributed by atoms with E-state index in [1.54, 1.807) is 13.1 Å². The van der Waals surface area contributed by atoms with Gasteiger partial charge in [0, 0.05) is 10.0 Å². The van der Waals surface area contributed by atoms with E-state index in [1.165, 1.54) is 4.80 Å². The van der Waals surface area contributed by atoms with Crippen molar-refractivity contribution in [3.05, 3.63) is 27.7 Å². The number of tetrazole rings is 1. The Hall–Kier alpha value is -0.940. The average molecular weight is 274 g/mol. The molecular weight excluding hydrogens is 267 g/mol. The summed E-state index contributed by atoms with van der Waals surface area (Å²) in [7, 11) is 1.72. The predicted molar refractivity (Wildman–Crippen MR) is 56.9 cm³/mol. The normalized spacial score (nSPS) is 10.5. The zero-order valence-corrected chi connectivity index (χ0v) is 9.62. The second kappa shape index (κ2) is 3.67. The van der Waals surface area contributed by atoms with Gasteiger partial charge in [0.1, 0.15) is 0 Å². The molecular formula is C8H6BrClN4. The number of nitrogens with zero attached hydrogens (tertiary/aromatic N) is 4. The van der Waals surface area contributed by atoms with Gasteiger partial charge in [-0.3, -0.25) is 0 Å². The second-order valence-corrected chi connectivity index (χ2v) is 3.99. The molecule has 0 aliphatic heterocycles. The molecule has 1 aromatic heterocycles. The van der Waals surface area contributed by atoms with Gasteiger partial charge in [0.15, 0.2) is 0 Å². The minimum atomic E-state index is 0.588. The van der Waals surface area contributed by atoms with Crippen LogP contribution in [0.15, 0.2) is 22.7 Å². The molecule has 0 amide bonds. The topological polar surface area (TPSA) is 43.6 Å². The molecule has 0 aliphatic carbocycles. The van der Waals surface area contributed by atoms with Crippen molar-refractivity contribution in [1.82, 2.24) is 20.2 Å². The smallest absolute Gasteiger partial charge is 0.167 e. The first-order valence-electron chi connectivity index (χ1n) is 3.86. The summed E-state index contributed by atoms with van der Waals surface area (Å²) in [6.45, 7) is 0. The van der Waals surface area contributed by atoms with Crippen LogP contribution in [0.3, 0.4) is 0 Å². The lowest BCUT2D eigenvalue weighted by Gasteiger charge is -1.97. The maximum atomic E-state index is 5.86. The van der Waals surface area contributed by atoms with Crippen molar-refractivity contribution in [2.24, 2.45) is 7.05 Å². The Morgan fingerprint density at radius 1 is 1.43 bits per heavy atom. The summed E-state index contributed by atoms with van der Waals surface area (Å²) in [4.78, 5) is 1.41. The lowest BCUT2D eigenvalue weighted by molar-refractivity contribution is 0.630. The van der Waals surface area contributed by atoms with E-state index in [0.29, 0.717) is 10.8 Å². The standard InChI is InChI=1S/C8H6BrClN4/c1-14-12-8(11-13-14)5-2-3-7(10)6(9)4-5/h2-4H,1H3. The van der Waals surface area contributed by atoms with E-state index in [4.69, 9.17) is 11.6 Å². The highest BCUT2D eigenvalue weighted by Gasteiger charge is 2.06. The molecule has 0 aliphatic rings. The zero-order valence-electron chi connectivity index (χ0n) is 7.28. The number of halogens is 2. The molecule has 4 nitrogen and oxygen atoms in total. The molecule has 0 spiro atoms. The molecule has 2 rings (SSSR count). The fourth-order valence-electron chi connectivity index (χ4n) is 1.03. The lowest BCUT2D eigenvalue weighted by atomic mass is 10.2. The quantitative estimate of drug-likeness (QED) is 0.801. The van der Waals surface area contributed by atoms with Crippen LogP contribution >= 0.6 is 27.5 Å². The summed E-state index contributed by atoms with van der Waals surface area (Å²) in [5, 5.41) is 12.4. The van der Waals surface area contributed by atoms with E-state index in [2.05, 4.69) is 31.3 Å². The van der Waals surface area contributed by atoms with Crippen molar-refractivity contribution in [3.63, 3.8) is 0 Å². The van der Waals surface area contributed by atoms with Crippen LogP contribution in [0.2, 0.25) is 5.02 Å². The van der Waals surface area contributed by atoms with E-state index in [0.717, 1.165) is 10.0 Å². The molecule has 0 fully saturated rings. The molecule has 72 valence electrons. The van der Waals surface area contributed by atoms with Gasteiger partial charge in [-0.15, -0.1) is 10.2 Å². The maximum Gasteiger partial charge on any atom is 0.204 e. The lowest BCUT2D eigenvalue weighted by Crippen LogP contribution is -1.91. The molecule has 14 heavy (non-hydrogen) atoms. The van der Waals surface area contributed by atoms with Crippen molar-refractivity contribution in [2.75, 3.05) is 0 Å². The van der Waals surface area contributed by atoms with Crippen molar-refractivity contribution in [2.45, 2.75) is 0 Å². The monoisotopic (exact) mass is 272 g/mol. The van der Waals surface area contributed by atoms with Crippen LogP contribution < -0.4 is 0 Å². The molecule has 1 heterocycles. The van der Waals surface area contributed by atoms with Gasteiger partial charge in [-0.05, 0) is 39.3 Å². The van der Waals surface area contributed by atoms with Crippen molar-refractivity contribution in [3.8, 4) is 11.4 Å². The highest BCUT2D eigenvalue weighted by molar-refractivity contribution is 9.10. The third-order valence-corrected chi connectivity index (χ3v) is 2.90. The molecule has 0 saturated heterocycles. The average Bonchev–Trinajstić information content (AvgIpc) is 2.57. The molecule has 0 saturated carbocycles. The van der Waals surface area contributed by atoms with E-state index >= 15 is 0 Å². The first-order valence-corrected chi connectivity index (χ1v) is 5.03. The van der Waals surface area contributed by atoms with Crippen LogP contribution in [0.1, 0.15) is 0 Å². The number of aromatic nitrogens is 4. The van der Waals surface area contributed by atoms with Gasteiger partial charge in [0.05, 0.1) is 12.1 Å². The number of rotatable bonds is 1. The highest BCUT2D eigenvalue weighted by atomic mass is 79.9. The molecule has 0 atom stereocenters. The minimum absolute atomic E-state index is 0.588. The molecule has 2 aromatic rings. The van der Waals surface area contributed by atoms with Crippen molar-refractivity contribution in [1.29, 1.82) is 0 Å². The SMILES string of the molecule is Cn1nnc(-c2ccc(Cl)c(Br)c2)n1. The minimum Gasteiger partial charge on any atom is -0.167 e. The Balaban J connectivity index is 2.47. The Labute approximate surface area is 94.0 Å². The Bertz CT molecular complexity index is 468. The largest absolute Gasteiger partial charge is 0.204 e. The van der Waals surface area contributed by atoms with Gasteiger partial charge in [-0.1, -0.05) is 11.6 Å². The number of hydrogen-bond acceptors (Lipinski definition) is 3. The van der Waals surface area contributed by atoms with Crippen molar-refractivity contribution < 1.29 is 0 Å². The zero-order chi connectivity index (χ0) is 10.1. The van der Waals surface area contributed by atoms with Crippen LogP contribution in [0.25, 0.3) is 11.4 Å². The Kier molecular flexibility index (Phi) is 2.52. The summed E-state index contributed by atoms with van der Waals surface area (Å²) < 4.78 is 0.823. The number of aryl methyl sites for hydroxylation is 1. The highest BCUT2D eigenvalue weighted by Crippen LogP contribution is 2.26. The molecule has 0 unspecified atom stereocenters. The van der Waals surface area contributed by atoms with E-state index in [-0.39, 0.29) is 0 Å². The molecule has 1 aromatic carbocycles. The van der Waals surface area contributed by atoms with Crippen LogP contribution in [-0.4, -0.2) is 20.2 Å². The Morgan fingerprint density at radius 2 is 2.21 bits per heavy atom. The summed E-state index contributed by atoms with van der Waals surface area (Å²) >= 11 is 9.20. The number of hydrogen-bond donors (Lipinski definition) is 0. The summed E-state index contributed by atoms with van der Waals surface area (Å²) in [5.74, 6) is 0.588.